The molecule has 3 nitrogen and oxygen atoms in total. The minimum absolute atomic E-state index is 0.257. The zero-order valence-corrected chi connectivity index (χ0v) is 12.2. The third-order valence-electron chi connectivity index (χ3n) is 5.03. The second-order valence-electron chi connectivity index (χ2n) is 6.12. The molecule has 0 bridgehead atoms. The van der Waals surface area contributed by atoms with E-state index in [0.717, 1.165) is 18.6 Å². The monoisotopic (exact) mass is 272 g/mol. The van der Waals surface area contributed by atoms with Gasteiger partial charge in [-0.25, -0.2) is 0 Å². The Kier molecular flexibility index (Phi) is 3.79. The summed E-state index contributed by atoms with van der Waals surface area (Å²) in [7, 11) is 0. The van der Waals surface area contributed by atoms with Crippen LogP contribution in [0, 0.1) is 0 Å². The highest BCUT2D eigenvalue weighted by Gasteiger charge is 2.44. The zero-order chi connectivity index (χ0) is 14.0. The third-order valence-corrected chi connectivity index (χ3v) is 5.03. The second kappa shape index (κ2) is 5.57. The molecule has 0 amide bonds. The number of oxime groups is 1. The Morgan fingerprint density at radius 1 is 1.25 bits per heavy atom. The van der Waals surface area contributed by atoms with E-state index >= 15 is 0 Å². The standard InChI is InChI=1S/C17H24N2O/c1-2-17(18-14-9-4-3-5-10-14)15-11-7-6-8-13(15)12-16(17)19-20/h6-8,11,14,18,20H,2-5,9-10,12H2,1H3. The van der Waals surface area contributed by atoms with E-state index in [4.69, 9.17) is 0 Å². The number of nitrogens with zero attached hydrogens (tertiary/aromatic N) is 1. The van der Waals surface area contributed by atoms with Gasteiger partial charge in [0.1, 0.15) is 0 Å². The van der Waals surface area contributed by atoms with Gasteiger partial charge in [-0.2, -0.15) is 0 Å². The molecule has 3 heteroatoms. The van der Waals surface area contributed by atoms with Crippen LogP contribution in [0.5, 0.6) is 0 Å². The van der Waals surface area contributed by atoms with Gasteiger partial charge in [-0.3, -0.25) is 5.32 Å². The molecule has 1 unspecified atom stereocenters. The molecule has 108 valence electrons. The lowest BCUT2D eigenvalue weighted by Crippen LogP contribution is -2.51. The van der Waals surface area contributed by atoms with Crippen LogP contribution in [-0.2, 0) is 12.0 Å². The number of hydrogen-bond donors (Lipinski definition) is 2. The van der Waals surface area contributed by atoms with Gasteiger partial charge in [-0.1, -0.05) is 55.6 Å². The minimum atomic E-state index is -0.257. The highest BCUT2D eigenvalue weighted by Crippen LogP contribution is 2.39. The molecule has 0 saturated heterocycles. The summed E-state index contributed by atoms with van der Waals surface area (Å²) in [6.45, 7) is 2.18. The highest BCUT2D eigenvalue weighted by molar-refractivity contribution is 6.00. The lowest BCUT2D eigenvalue weighted by molar-refractivity contribution is 0.280. The lowest BCUT2D eigenvalue weighted by Gasteiger charge is -2.37. The SMILES string of the molecule is CCC1(NC2CCCCC2)C(=NO)Cc2ccccc21. The van der Waals surface area contributed by atoms with Crippen molar-refractivity contribution in [1.29, 1.82) is 0 Å². The number of nitrogens with one attached hydrogen (secondary N) is 1. The molecular formula is C17H24N2O. The van der Waals surface area contributed by atoms with E-state index in [9.17, 15) is 5.21 Å². The summed E-state index contributed by atoms with van der Waals surface area (Å²) in [5.41, 5.74) is 3.23. The molecule has 0 heterocycles. The predicted molar refractivity (Wildman–Crippen MR) is 81.3 cm³/mol. The molecule has 2 aliphatic rings. The molecule has 3 rings (SSSR count). The van der Waals surface area contributed by atoms with E-state index in [1.165, 1.54) is 43.2 Å². The minimum Gasteiger partial charge on any atom is -0.411 e. The third kappa shape index (κ3) is 2.14. The van der Waals surface area contributed by atoms with Crippen LogP contribution in [0.15, 0.2) is 29.4 Å². The average Bonchev–Trinajstić information content (AvgIpc) is 2.83. The Morgan fingerprint density at radius 2 is 2.00 bits per heavy atom. The topological polar surface area (TPSA) is 44.6 Å². The van der Waals surface area contributed by atoms with E-state index in [0.29, 0.717) is 6.04 Å². The number of hydrogen-bond acceptors (Lipinski definition) is 3. The first-order valence-corrected chi connectivity index (χ1v) is 7.87. The first-order valence-electron chi connectivity index (χ1n) is 7.87. The van der Waals surface area contributed by atoms with E-state index in [1.54, 1.807) is 0 Å². The molecule has 1 aromatic rings. The van der Waals surface area contributed by atoms with Gasteiger partial charge in [0.05, 0.1) is 11.3 Å². The summed E-state index contributed by atoms with van der Waals surface area (Å²) in [5, 5.41) is 17.0. The van der Waals surface area contributed by atoms with E-state index in [-0.39, 0.29) is 5.54 Å². The number of rotatable bonds is 3. The Labute approximate surface area is 121 Å². The van der Waals surface area contributed by atoms with Gasteiger partial charge in [-0.05, 0) is 30.4 Å². The van der Waals surface area contributed by atoms with Crippen LogP contribution in [0.2, 0.25) is 0 Å². The molecule has 1 atom stereocenters. The van der Waals surface area contributed by atoms with Crippen LogP contribution in [0.1, 0.15) is 56.6 Å². The van der Waals surface area contributed by atoms with Crippen molar-refractivity contribution in [1.82, 2.24) is 5.32 Å². The van der Waals surface area contributed by atoms with Gasteiger partial charge in [0.25, 0.3) is 0 Å². The molecule has 0 aromatic heterocycles. The smallest absolute Gasteiger partial charge is 0.0863 e. The fraction of sp³-hybridized carbons (Fsp3) is 0.588. The van der Waals surface area contributed by atoms with Crippen LogP contribution in [0.4, 0.5) is 0 Å². The maximum atomic E-state index is 9.48. The van der Waals surface area contributed by atoms with Gasteiger partial charge in [0.15, 0.2) is 0 Å². The Morgan fingerprint density at radius 3 is 2.70 bits per heavy atom. The Balaban J connectivity index is 1.96. The molecule has 0 spiro atoms. The maximum absolute atomic E-state index is 9.48. The molecule has 0 aliphatic heterocycles. The molecule has 0 radical (unpaired) electrons. The van der Waals surface area contributed by atoms with Gasteiger partial charge >= 0.3 is 0 Å². The van der Waals surface area contributed by atoms with Crippen molar-refractivity contribution >= 4 is 5.71 Å². The summed E-state index contributed by atoms with van der Waals surface area (Å²) in [4.78, 5) is 0. The van der Waals surface area contributed by atoms with Crippen LogP contribution >= 0.6 is 0 Å². The molecule has 1 aromatic carbocycles. The average molecular weight is 272 g/mol. The molecule has 1 fully saturated rings. The summed E-state index contributed by atoms with van der Waals surface area (Å²) in [5.74, 6) is 0. The zero-order valence-electron chi connectivity index (χ0n) is 12.2. The summed E-state index contributed by atoms with van der Waals surface area (Å²) in [6.07, 6.45) is 8.15. The van der Waals surface area contributed by atoms with Crippen LogP contribution in [-0.4, -0.2) is 17.0 Å². The Bertz CT molecular complexity index is 505. The van der Waals surface area contributed by atoms with E-state index < -0.39 is 0 Å². The normalized spacial score (nSPS) is 28.8. The quantitative estimate of drug-likeness (QED) is 0.652. The van der Waals surface area contributed by atoms with E-state index in [1.807, 2.05) is 0 Å². The van der Waals surface area contributed by atoms with Gasteiger partial charge in [0.2, 0.25) is 0 Å². The fourth-order valence-electron chi connectivity index (χ4n) is 3.95. The van der Waals surface area contributed by atoms with Crippen molar-refractivity contribution in [3.05, 3.63) is 35.4 Å². The number of fused-ring (bicyclic) bond motifs is 1. The Hall–Kier alpha value is -1.35. The summed E-state index contributed by atoms with van der Waals surface area (Å²) in [6, 6.07) is 9.05. The van der Waals surface area contributed by atoms with Gasteiger partial charge < -0.3 is 5.21 Å². The van der Waals surface area contributed by atoms with Gasteiger partial charge in [-0.15, -0.1) is 0 Å². The molecule has 2 aliphatic carbocycles. The fourth-order valence-corrected chi connectivity index (χ4v) is 3.95. The largest absolute Gasteiger partial charge is 0.411 e. The summed E-state index contributed by atoms with van der Waals surface area (Å²) < 4.78 is 0. The predicted octanol–water partition coefficient (Wildman–Crippen LogP) is 3.60. The van der Waals surface area contributed by atoms with Crippen molar-refractivity contribution in [3.8, 4) is 0 Å². The van der Waals surface area contributed by atoms with Crippen molar-refractivity contribution in [2.75, 3.05) is 0 Å². The molecule has 20 heavy (non-hydrogen) atoms. The van der Waals surface area contributed by atoms with Gasteiger partial charge in [0, 0.05) is 12.5 Å². The molecule has 1 saturated carbocycles. The molecular weight excluding hydrogens is 248 g/mol. The first kappa shape index (κ1) is 13.6. The van der Waals surface area contributed by atoms with Crippen molar-refractivity contribution in [2.45, 2.75) is 63.5 Å². The van der Waals surface area contributed by atoms with E-state index in [2.05, 4.69) is 41.7 Å². The van der Waals surface area contributed by atoms with Crippen LogP contribution in [0.25, 0.3) is 0 Å². The number of benzene rings is 1. The van der Waals surface area contributed by atoms with Crippen molar-refractivity contribution in [3.63, 3.8) is 0 Å². The highest BCUT2D eigenvalue weighted by atomic mass is 16.4. The summed E-state index contributed by atoms with van der Waals surface area (Å²) >= 11 is 0. The van der Waals surface area contributed by atoms with Crippen LogP contribution in [0.3, 0.4) is 0 Å². The van der Waals surface area contributed by atoms with Crippen molar-refractivity contribution in [2.24, 2.45) is 5.16 Å². The van der Waals surface area contributed by atoms with Crippen LogP contribution < -0.4 is 5.32 Å². The first-order chi connectivity index (χ1) is 9.80. The maximum Gasteiger partial charge on any atom is 0.0863 e. The molecule has 2 N–H and O–H groups in total. The lowest BCUT2D eigenvalue weighted by atomic mass is 9.84. The van der Waals surface area contributed by atoms with Crippen molar-refractivity contribution < 1.29 is 5.21 Å². The second-order valence-corrected chi connectivity index (χ2v) is 6.12.